The van der Waals surface area contributed by atoms with E-state index in [2.05, 4.69) is 0 Å². The zero-order chi connectivity index (χ0) is 16.1. The quantitative estimate of drug-likeness (QED) is 0.749. The normalized spacial score (nSPS) is 17.4. The molecule has 8 nitrogen and oxygen atoms in total. The Hall–Kier alpha value is -2.13. The molecule has 1 saturated heterocycles. The molecule has 0 saturated carbocycles. The van der Waals surface area contributed by atoms with E-state index in [0.29, 0.717) is 17.6 Å². The van der Waals surface area contributed by atoms with E-state index in [1.54, 1.807) is 7.05 Å². The summed E-state index contributed by atoms with van der Waals surface area (Å²) in [5, 5.41) is 0. The van der Waals surface area contributed by atoms with E-state index in [0.717, 1.165) is 4.31 Å². The third kappa shape index (κ3) is 2.22. The summed E-state index contributed by atoms with van der Waals surface area (Å²) >= 11 is 0. The first kappa shape index (κ1) is 14.8. The molecular formula is C13H15N3O5S. The van der Waals surface area contributed by atoms with Gasteiger partial charge in [0.25, 0.3) is 0 Å². The Morgan fingerprint density at radius 3 is 2.55 bits per heavy atom. The summed E-state index contributed by atoms with van der Waals surface area (Å²) in [6.45, 7) is 0.415. The molecule has 1 aliphatic heterocycles. The van der Waals surface area contributed by atoms with Crippen molar-refractivity contribution < 1.29 is 17.6 Å². The number of carbonyl (C=O) groups excluding carboxylic acids is 1. The standard InChI is InChI=1S/C13H15N3O5S/c1-14-5-6-16(8-12(14)17)22(19,20)9-3-4-11-10(7-9)15(2)13(18)21-11/h3-4,7H,5-6,8H2,1-2H3. The number of amides is 1. The van der Waals surface area contributed by atoms with Gasteiger partial charge in [0.2, 0.25) is 15.9 Å². The van der Waals surface area contributed by atoms with Gasteiger partial charge < -0.3 is 9.32 Å². The molecule has 2 aromatic rings. The van der Waals surface area contributed by atoms with Crippen LogP contribution >= 0.6 is 0 Å². The van der Waals surface area contributed by atoms with Crippen LogP contribution in [0, 0.1) is 0 Å². The highest BCUT2D eigenvalue weighted by Gasteiger charge is 2.31. The van der Waals surface area contributed by atoms with Crippen LogP contribution in [-0.4, -0.2) is 54.8 Å². The zero-order valence-corrected chi connectivity index (χ0v) is 13.0. The lowest BCUT2D eigenvalue weighted by atomic mass is 10.3. The SMILES string of the molecule is CN1CCN(S(=O)(=O)c2ccc3oc(=O)n(C)c3c2)CC1=O. The summed E-state index contributed by atoms with van der Waals surface area (Å²) in [5.41, 5.74) is 0.715. The van der Waals surface area contributed by atoms with Crippen LogP contribution < -0.4 is 5.76 Å². The van der Waals surface area contributed by atoms with Crippen molar-refractivity contribution in [3.05, 3.63) is 28.7 Å². The zero-order valence-electron chi connectivity index (χ0n) is 12.1. The van der Waals surface area contributed by atoms with E-state index in [9.17, 15) is 18.0 Å². The highest BCUT2D eigenvalue weighted by atomic mass is 32.2. The number of hydrogen-bond acceptors (Lipinski definition) is 5. The third-order valence-electron chi connectivity index (χ3n) is 3.82. The Morgan fingerprint density at radius 1 is 1.14 bits per heavy atom. The number of nitrogens with zero attached hydrogens (tertiary/aromatic N) is 3. The molecule has 118 valence electrons. The molecule has 2 heterocycles. The Balaban J connectivity index is 2.04. The first-order chi connectivity index (χ1) is 10.3. The molecule has 0 N–H and O–H groups in total. The van der Waals surface area contributed by atoms with Crippen molar-refractivity contribution >= 4 is 27.0 Å². The molecule has 1 amide bonds. The number of sulfonamides is 1. The predicted octanol–water partition coefficient (Wildman–Crippen LogP) is -0.406. The number of fused-ring (bicyclic) bond motifs is 1. The Morgan fingerprint density at radius 2 is 1.86 bits per heavy atom. The van der Waals surface area contributed by atoms with Gasteiger partial charge in [0.1, 0.15) is 0 Å². The summed E-state index contributed by atoms with van der Waals surface area (Å²) in [6, 6.07) is 4.21. The van der Waals surface area contributed by atoms with Crippen molar-refractivity contribution in [1.82, 2.24) is 13.8 Å². The molecule has 0 unspecified atom stereocenters. The van der Waals surface area contributed by atoms with Gasteiger partial charge in [-0.2, -0.15) is 4.31 Å². The molecule has 1 aromatic carbocycles. The minimum absolute atomic E-state index is 0.0359. The van der Waals surface area contributed by atoms with Crippen LogP contribution in [0.4, 0.5) is 0 Å². The molecule has 22 heavy (non-hydrogen) atoms. The molecule has 3 rings (SSSR count). The summed E-state index contributed by atoms with van der Waals surface area (Å²) in [7, 11) is -0.646. The van der Waals surface area contributed by atoms with Crippen LogP contribution in [-0.2, 0) is 21.9 Å². The van der Waals surface area contributed by atoms with Gasteiger partial charge in [-0.3, -0.25) is 9.36 Å². The Labute approximate surface area is 126 Å². The van der Waals surface area contributed by atoms with Crippen LogP contribution in [0.5, 0.6) is 0 Å². The van der Waals surface area contributed by atoms with Crippen LogP contribution in [0.25, 0.3) is 11.1 Å². The van der Waals surface area contributed by atoms with Gasteiger partial charge in [-0.15, -0.1) is 0 Å². The highest BCUT2D eigenvalue weighted by Crippen LogP contribution is 2.22. The van der Waals surface area contributed by atoms with Crippen molar-refractivity contribution in [3.63, 3.8) is 0 Å². The van der Waals surface area contributed by atoms with E-state index in [4.69, 9.17) is 4.42 Å². The summed E-state index contributed by atoms with van der Waals surface area (Å²) in [5.74, 6) is -0.800. The Bertz CT molecular complexity index is 911. The van der Waals surface area contributed by atoms with Crippen molar-refractivity contribution in [2.75, 3.05) is 26.7 Å². The smallest absolute Gasteiger partial charge is 0.408 e. The topological polar surface area (TPSA) is 92.8 Å². The second-order valence-corrected chi connectivity index (χ2v) is 7.15. The maximum Gasteiger partial charge on any atom is 0.419 e. The van der Waals surface area contributed by atoms with Gasteiger partial charge in [0, 0.05) is 27.2 Å². The molecule has 0 aliphatic carbocycles. The molecule has 1 aliphatic rings. The lowest BCUT2D eigenvalue weighted by Gasteiger charge is -2.31. The van der Waals surface area contributed by atoms with E-state index >= 15 is 0 Å². The molecule has 0 spiro atoms. The summed E-state index contributed by atoms with van der Waals surface area (Å²) in [6.07, 6.45) is 0. The predicted molar refractivity (Wildman–Crippen MR) is 77.9 cm³/mol. The minimum atomic E-state index is -3.79. The van der Waals surface area contributed by atoms with E-state index in [1.165, 1.54) is 34.7 Å². The number of oxazole rings is 1. The van der Waals surface area contributed by atoms with Gasteiger partial charge in [0.05, 0.1) is 17.0 Å². The summed E-state index contributed by atoms with van der Waals surface area (Å²) < 4.78 is 32.6. The molecule has 9 heteroatoms. The molecule has 1 aromatic heterocycles. The van der Waals surface area contributed by atoms with E-state index in [-0.39, 0.29) is 23.9 Å². The fraction of sp³-hybridized carbons (Fsp3) is 0.385. The minimum Gasteiger partial charge on any atom is -0.408 e. The first-order valence-corrected chi connectivity index (χ1v) is 8.08. The maximum absolute atomic E-state index is 12.6. The maximum atomic E-state index is 12.6. The second kappa shape index (κ2) is 4.96. The number of rotatable bonds is 2. The number of piperazine rings is 1. The van der Waals surface area contributed by atoms with Crippen molar-refractivity contribution in [3.8, 4) is 0 Å². The second-order valence-electron chi connectivity index (χ2n) is 5.21. The van der Waals surface area contributed by atoms with Gasteiger partial charge in [-0.05, 0) is 18.2 Å². The highest BCUT2D eigenvalue weighted by molar-refractivity contribution is 7.89. The van der Waals surface area contributed by atoms with Gasteiger partial charge >= 0.3 is 5.76 Å². The van der Waals surface area contributed by atoms with E-state index < -0.39 is 15.8 Å². The third-order valence-corrected chi connectivity index (χ3v) is 5.66. The fourth-order valence-electron chi connectivity index (χ4n) is 2.36. The van der Waals surface area contributed by atoms with Crippen LogP contribution in [0.15, 0.2) is 32.3 Å². The average molecular weight is 325 g/mol. The molecule has 0 radical (unpaired) electrons. The fourth-order valence-corrected chi connectivity index (χ4v) is 3.76. The number of aromatic nitrogens is 1. The first-order valence-electron chi connectivity index (χ1n) is 6.64. The molecule has 0 bridgehead atoms. The van der Waals surface area contributed by atoms with Crippen molar-refractivity contribution in [2.24, 2.45) is 7.05 Å². The van der Waals surface area contributed by atoms with Crippen LogP contribution in [0.3, 0.4) is 0 Å². The lowest BCUT2D eigenvalue weighted by Crippen LogP contribution is -2.50. The molecular weight excluding hydrogens is 310 g/mol. The Kier molecular flexibility index (Phi) is 3.33. The number of carbonyl (C=O) groups is 1. The van der Waals surface area contributed by atoms with Crippen molar-refractivity contribution in [1.29, 1.82) is 0 Å². The number of likely N-dealkylation sites (N-methyl/N-ethyl adjacent to an activating group) is 1. The number of benzene rings is 1. The van der Waals surface area contributed by atoms with Gasteiger partial charge in [-0.25, -0.2) is 13.2 Å². The molecule has 0 atom stereocenters. The monoisotopic (exact) mass is 325 g/mol. The summed E-state index contributed by atoms with van der Waals surface area (Å²) in [4.78, 5) is 24.7. The van der Waals surface area contributed by atoms with Gasteiger partial charge in [-0.1, -0.05) is 0 Å². The number of aryl methyl sites for hydroxylation is 1. The van der Waals surface area contributed by atoms with Crippen LogP contribution in [0.1, 0.15) is 0 Å². The van der Waals surface area contributed by atoms with Gasteiger partial charge in [0.15, 0.2) is 5.58 Å². The van der Waals surface area contributed by atoms with Crippen LogP contribution in [0.2, 0.25) is 0 Å². The van der Waals surface area contributed by atoms with Crippen molar-refractivity contribution in [2.45, 2.75) is 4.90 Å². The number of hydrogen-bond donors (Lipinski definition) is 0. The largest absolute Gasteiger partial charge is 0.419 e. The average Bonchev–Trinajstić information content (AvgIpc) is 2.76. The van der Waals surface area contributed by atoms with E-state index in [1.807, 2.05) is 0 Å². The molecule has 1 fully saturated rings. The lowest BCUT2D eigenvalue weighted by molar-refractivity contribution is -0.132.